The second-order valence-corrected chi connectivity index (χ2v) is 5.38. The molecule has 17 heavy (non-hydrogen) atoms. The zero-order valence-electron chi connectivity index (χ0n) is 10.5. The Hall–Kier alpha value is -1.39. The second-order valence-electron chi connectivity index (χ2n) is 5.38. The van der Waals surface area contributed by atoms with E-state index in [1.165, 1.54) is 0 Å². The van der Waals surface area contributed by atoms with E-state index in [0.717, 1.165) is 16.9 Å². The second kappa shape index (κ2) is 4.13. The van der Waals surface area contributed by atoms with Crippen molar-refractivity contribution in [2.45, 2.75) is 32.2 Å². The van der Waals surface area contributed by atoms with Crippen molar-refractivity contribution in [1.29, 1.82) is 0 Å². The minimum Gasteiger partial charge on any atom is -0.394 e. The number of rotatable bonds is 2. The van der Waals surface area contributed by atoms with Gasteiger partial charge in [-0.25, -0.2) is 4.98 Å². The lowest BCUT2D eigenvalue weighted by Crippen LogP contribution is -2.18. The Balaban J connectivity index is 2.58. The number of aromatic nitrogens is 2. The molecule has 4 nitrogen and oxygen atoms in total. The molecule has 0 radical (unpaired) electrons. The third-order valence-corrected chi connectivity index (χ3v) is 2.85. The van der Waals surface area contributed by atoms with E-state index in [0.29, 0.717) is 0 Å². The van der Waals surface area contributed by atoms with Crippen molar-refractivity contribution in [3.05, 3.63) is 35.9 Å². The van der Waals surface area contributed by atoms with Crippen LogP contribution in [0.4, 0.5) is 0 Å². The zero-order valence-corrected chi connectivity index (χ0v) is 10.5. The van der Waals surface area contributed by atoms with Gasteiger partial charge in [-0.15, -0.1) is 0 Å². The summed E-state index contributed by atoms with van der Waals surface area (Å²) in [7, 11) is 0. The number of aliphatic hydroxyl groups is 1. The van der Waals surface area contributed by atoms with E-state index in [-0.39, 0.29) is 18.1 Å². The summed E-state index contributed by atoms with van der Waals surface area (Å²) >= 11 is 0. The number of hydrogen-bond donors (Lipinski definition) is 2. The third-order valence-electron chi connectivity index (χ3n) is 2.85. The molecule has 0 aliphatic carbocycles. The highest BCUT2D eigenvalue weighted by molar-refractivity contribution is 5.48. The van der Waals surface area contributed by atoms with E-state index in [1.807, 2.05) is 28.9 Å². The molecule has 1 atom stereocenters. The Morgan fingerprint density at radius 2 is 2.12 bits per heavy atom. The predicted molar refractivity (Wildman–Crippen MR) is 67.9 cm³/mol. The van der Waals surface area contributed by atoms with Crippen LogP contribution in [0.5, 0.6) is 0 Å². The SMILES string of the molecule is CC(C)(C)c1ncc2ccc(C(N)CO)cn12. The van der Waals surface area contributed by atoms with Gasteiger partial charge in [-0.1, -0.05) is 26.8 Å². The largest absolute Gasteiger partial charge is 0.394 e. The van der Waals surface area contributed by atoms with Gasteiger partial charge in [0.05, 0.1) is 24.4 Å². The van der Waals surface area contributed by atoms with Crippen LogP contribution < -0.4 is 5.73 Å². The van der Waals surface area contributed by atoms with Gasteiger partial charge in [-0.2, -0.15) is 0 Å². The van der Waals surface area contributed by atoms with Crippen LogP contribution in [0.25, 0.3) is 5.52 Å². The lowest BCUT2D eigenvalue weighted by atomic mass is 9.96. The summed E-state index contributed by atoms with van der Waals surface area (Å²) in [5, 5.41) is 9.09. The van der Waals surface area contributed by atoms with E-state index in [4.69, 9.17) is 10.8 Å². The van der Waals surface area contributed by atoms with Crippen LogP contribution in [0.2, 0.25) is 0 Å². The van der Waals surface area contributed by atoms with Gasteiger partial charge in [0.25, 0.3) is 0 Å². The fourth-order valence-corrected chi connectivity index (χ4v) is 1.89. The Morgan fingerprint density at radius 1 is 1.41 bits per heavy atom. The van der Waals surface area contributed by atoms with Crippen LogP contribution >= 0.6 is 0 Å². The van der Waals surface area contributed by atoms with Crippen molar-refractivity contribution in [3.8, 4) is 0 Å². The summed E-state index contributed by atoms with van der Waals surface area (Å²) in [5.74, 6) is 1.000. The molecular weight excluding hydrogens is 214 g/mol. The number of nitrogens with two attached hydrogens (primary N) is 1. The maximum absolute atomic E-state index is 9.09. The first-order valence-electron chi connectivity index (χ1n) is 5.77. The molecule has 4 heteroatoms. The molecule has 1 unspecified atom stereocenters. The van der Waals surface area contributed by atoms with Crippen molar-refractivity contribution in [2.75, 3.05) is 6.61 Å². The first kappa shape index (κ1) is 12.1. The normalized spacial score (nSPS) is 14.2. The molecule has 0 bridgehead atoms. The number of fused-ring (bicyclic) bond motifs is 1. The Morgan fingerprint density at radius 3 is 2.71 bits per heavy atom. The molecule has 0 aliphatic rings. The Kier molecular flexibility index (Phi) is 2.93. The molecule has 0 saturated carbocycles. The van der Waals surface area contributed by atoms with Crippen LogP contribution in [0.3, 0.4) is 0 Å². The average molecular weight is 233 g/mol. The summed E-state index contributed by atoms with van der Waals surface area (Å²) in [5.41, 5.74) is 7.78. The molecule has 0 spiro atoms. The lowest BCUT2D eigenvalue weighted by molar-refractivity contribution is 0.267. The van der Waals surface area contributed by atoms with Gasteiger partial charge in [0, 0.05) is 11.6 Å². The Labute approximate surface area is 101 Å². The highest BCUT2D eigenvalue weighted by Gasteiger charge is 2.20. The predicted octanol–water partition coefficient (Wildman–Crippen LogP) is 1.62. The summed E-state index contributed by atoms with van der Waals surface area (Å²) in [6.07, 6.45) is 3.82. The molecule has 2 aromatic rings. The minimum atomic E-state index is -0.338. The summed E-state index contributed by atoms with van der Waals surface area (Å²) in [4.78, 5) is 4.45. The molecule has 2 heterocycles. The smallest absolute Gasteiger partial charge is 0.118 e. The van der Waals surface area contributed by atoms with Crippen LogP contribution in [0.1, 0.15) is 38.2 Å². The van der Waals surface area contributed by atoms with E-state index in [1.54, 1.807) is 0 Å². The van der Waals surface area contributed by atoms with Gasteiger partial charge < -0.3 is 15.2 Å². The van der Waals surface area contributed by atoms with Gasteiger partial charge >= 0.3 is 0 Å². The summed E-state index contributed by atoms with van der Waals surface area (Å²) in [6.45, 7) is 6.33. The standard InChI is InChI=1S/C13H19N3O/c1-13(2,3)12-15-6-10-5-4-9(7-16(10)12)11(14)8-17/h4-7,11,17H,8,14H2,1-3H3. The van der Waals surface area contributed by atoms with Gasteiger partial charge in [0.15, 0.2) is 0 Å². The first-order valence-corrected chi connectivity index (χ1v) is 5.77. The topological polar surface area (TPSA) is 63.5 Å². The quantitative estimate of drug-likeness (QED) is 0.828. The number of aliphatic hydroxyl groups excluding tert-OH is 1. The molecule has 0 aliphatic heterocycles. The third kappa shape index (κ3) is 2.18. The average Bonchev–Trinajstić information content (AvgIpc) is 2.70. The maximum atomic E-state index is 9.09. The number of imidazole rings is 1. The van der Waals surface area contributed by atoms with Crippen molar-refractivity contribution < 1.29 is 5.11 Å². The number of pyridine rings is 1. The van der Waals surface area contributed by atoms with Crippen LogP contribution in [0.15, 0.2) is 24.5 Å². The first-order chi connectivity index (χ1) is 7.93. The highest BCUT2D eigenvalue weighted by Crippen LogP contribution is 2.23. The maximum Gasteiger partial charge on any atom is 0.118 e. The summed E-state index contributed by atoms with van der Waals surface area (Å²) < 4.78 is 2.05. The molecule has 2 rings (SSSR count). The zero-order chi connectivity index (χ0) is 12.6. The molecule has 2 aromatic heterocycles. The number of hydrogen-bond acceptors (Lipinski definition) is 3. The van der Waals surface area contributed by atoms with E-state index in [2.05, 4.69) is 25.8 Å². The van der Waals surface area contributed by atoms with Crippen molar-refractivity contribution >= 4 is 5.52 Å². The molecule has 0 aromatic carbocycles. The molecular formula is C13H19N3O. The molecule has 0 saturated heterocycles. The van der Waals surface area contributed by atoms with E-state index < -0.39 is 0 Å². The van der Waals surface area contributed by atoms with Crippen LogP contribution in [-0.2, 0) is 5.41 Å². The van der Waals surface area contributed by atoms with Crippen LogP contribution in [-0.4, -0.2) is 21.1 Å². The van der Waals surface area contributed by atoms with Crippen molar-refractivity contribution in [2.24, 2.45) is 5.73 Å². The van der Waals surface area contributed by atoms with Gasteiger partial charge in [0.2, 0.25) is 0 Å². The monoisotopic (exact) mass is 233 g/mol. The molecule has 0 fully saturated rings. The number of nitrogens with zero attached hydrogens (tertiary/aromatic N) is 2. The van der Waals surface area contributed by atoms with Gasteiger partial charge in [-0.3, -0.25) is 0 Å². The van der Waals surface area contributed by atoms with Crippen molar-refractivity contribution in [3.63, 3.8) is 0 Å². The molecule has 92 valence electrons. The molecule has 3 N–H and O–H groups in total. The summed E-state index contributed by atoms with van der Waals surface area (Å²) in [6, 6.07) is 3.58. The Bertz CT molecular complexity index is 525. The van der Waals surface area contributed by atoms with Crippen molar-refractivity contribution in [1.82, 2.24) is 9.38 Å². The lowest BCUT2D eigenvalue weighted by Gasteiger charge is -2.18. The van der Waals surface area contributed by atoms with Gasteiger partial charge in [0.1, 0.15) is 5.82 Å². The molecule has 0 amide bonds. The minimum absolute atomic E-state index is 0.0195. The van der Waals surface area contributed by atoms with E-state index >= 15 is 0 Å². The van der Waals surface area contributed by atoms with Crippen LogP contribution in [0, 0.1) is 0 Å². The fraction of sp³-hybridized carbons (Fsp3) is 0.462. The highest BCUT2D eigenvalue weighted by atomic mass is 16.3. The fourth-order valence-electron chi connectivity index (χ4n) is 1.89. The van der Waals surface area contributed by atoms with Gasteiger partial charge in [-0.05, 0) is 11.6 Å². The van der Waals surface area contributed by atoms with E-state index in [9.17, 15) is 0 Å².